The van der Waals surface area contributed by atoms with Crippen molar-refractivity contribution < 1.29 is 4.79 Å². The number of hydrogen-bond donors (Lipinski definition) is 2. The molecule has 2 aromatic rings. The Labute approximate surface area is 122 Å². The Kier molecular flexibility index (Phi) is 4.39. The molecule has 3 rings (SSSR count). The lowest BCUT2D eigenvalue weighted by Gasteiger charge is -2.08. The summed E-state index contributed by atoms with van der Waals surface area (Å²) in [5.41, 5.74) is 2.13. The van der Waals surface area contributed by atoms with Gasteiger partial charge in [-0.05, 0) is 37.9 Å². The molecule has 0 bridgehead atoms. The molecule has 0 aliphatic carbocycles. The number of para-hydroxylation sites is 1. The fourth-order valence-corrected chi connectivity index (χ4v) is 3.19. The van der Waals surface area contributed by atoms with Gasteiger partial charge in [0.25, 0.3) is 0 Å². The molecule has 1 amide bonds. The molecule has 1 aliphatic heterocycles. The summed E-state index contributed by atoms with van der Waals surface area (Å²) in [5, 5.41) is 6.79. The number of amides is 1. The zero-order valence-electron chi connectivity index (χ0n) is 10.6. The summed E-state index contributed by atoms with van der Waals surface area (Å²) in [5.74, 6) is 0.0317. The number of hydrogen-bond acceptors (Lipinski definition) is 4. The lowest BCUT2D eigenvalue weighted by Crippen LogP contribution is -2.35. The van der Waals surface area contributed by atoms with Crippen LogP contribution >= 0.6 is 23.7 Å². The second kappa shape index (κ2) is 5.86. The monoisotopic (exact) mass is 297 g/mol. The van der Waals surface area contributed by atoms with Gasteiger partial charge in [-0.2, -0.15) is 0 Å². The van der Waals surface area contributed by atoms with Crippen LogP contribution in [-0.2, 0) is 4.79 Å². The molecule has 1 atom stereocenters. The molecule has 6 heteroatoms. The number of nitrogens with one attached hydrogen (secondary N) is 2. The minimum absolute atomic E-state index is 0. The van der Waals surface area contributed by atoms with E-state index in [0.717, 1.165) is 35.2 Å². The summed E-state index contributed by atoms with van der Waals surface area (Å²) in [7, 11) is 0. The number of thiazole rings is 1. The van der Waals surface area contributed by atoms with Crippen LogP contribution in [0.3, 0.4) is 0 Å². The smallest absolute Gasteiger partial charge is 0.243 e. The van der Waals surface area contributed by atoms with Crippen LogP contribution in [0.5, 0.6) is 0 Å². The molecule has 1 unspecified atom stereocenters. The Morgan fingerprint density at radius 1 is 1.53 bits per heavy atom. The van der Waals surface area contributed by atoms with Crippen molar-refractivity contribution in [3.8, 4) is 0 Å². The molecular formula is C13H16ClN3OS. The van der Waals surface area contributed by atoms with Gasteiger partial charge in [-0.1, -0.05) is 23.5 Å². The maximum atomic E-state index is 12.0. The standard InChI is InChI=1S/C13H15N3OS.ClH/c1-8-4-2-6-10-11(8)15-13(18-10)16-12(17)9-5-3-7-14-9;/h2,4,6,9,14H,3,5,7H2,1H3,(H,15,16,17);1H. The summed E-state index contributed by atoms with van der Waals surface area (Å²) in [6.45, 7) is 2.96. The minimum atomic E-state index is -0.0573. The number of halogens is 1. The van der Waals surface area contributed by atoms with Crippen molar-refractivity contribution in [2.45, 2.75) is 25.8 Å². The molecule has 0 saturated carbocycles. The highest BCUT2D eigenvalue weighted by molar-refractivity contribution is 7.22. The van der Waals surface area contributed by atoms with Gasteiger partial charge in [0.1, 0.15) is 0 Å². The van der Waals surface area contributed by atoms with Crippen LogP contribution in [-0.4, -0.2) is 23.5 Å². The van der Waals surface area contributed by atoms with E-state index in [1.165, 1.54) is 11.3 Å². The number of fused-ring (bicyclic) bond motifs is 1. The number of rotatable bonds is 2. The molecule has 102 valence electrons. The van der Waals surface area contributed by atoms with Gasteiger partial charge in [0.15, 0.2) is 5.13 Å². The van der Waals surface area contributed by atoms with Crippen LogP contribution in [0, 0.1) is 6.92 Å². The van der Waals surface area contributed by atoms with Crippen molar-refractivity contribution in [3.05, 3.63) is 23.8 Å². The zero-order chi connectivity index (χ0) is 12.5. The van der Waals surface area contributed by atoms with E-state index in [-0.39, 0.29) is 24.4 Å². The fraction of sp³-hybridized carbons (Fsp3) is 0.385. The van der Waals surface area contributed by atoms with E-state index in [4.69, 9.17) is 0 Å². The SMILES string of the molecule is Cc1cccc2sc(NC(=O)C3CCCN3)nc12.Cl. The summed E-state index contributed by atoms with van der Waals surface area (Å²) >= 11 is 1.53. The van der Waals surface area contributed by atoms with Crippen molar-refractivity contribution >= 4 is 45.0 Å². The zero-order valence-corrected chi connectivity index (χ0v) is 12.2. The fourth-order valence-electron chi connectivity index (χ4n) is 2.24. The largest absolute Gasteiger partial charge is 0.306 e. The number of anilines is 1. The topological polar surface area (TPSA) is 54.0 Å². The Morgan fingerprint density at radius 2 is 2.37 bits per heavy atom. The molecule has 1 aromatic carbocycles. The lowest BCUT2D eigenvalue weighted by molar-refractivity contribution is -0.117. The van der Waals surface area contributed by atoms with Crippen LogP contribution in [0.1, 0.15) is 18.4 Å². The predicted octanol–water partition coefficient (Wildman–Crippen LogP) is 2.72. The Bertz CT molecular complexity index is 593. The molecule has 2 heterocycles. The highest BCUT2D eigenvalue weighted by Crippen LogP contribution is 2.28. The number of benzene rings is 1. The van der Waals surface area contributed by atoms with Crippen LogP contribution in [0.15, 0.2) is 18.2 Å². The van der Waals surface area contributed by atoms with Crippen molar-refractivity contribution in [3.63, 3.8) is 0 Å². The van der Waals surface area contributed by atoms with Crippen molar-refractivity contribution in [1.29, 1.82) is 0 Å². The molecule has 1 saturated heterocycles. The summed E-state index contributed by atoms with van der Waals surface area (Å²) < 4.78 is 1.12. The van der Waals surface area contributed by atoms with Crippen molar-refractivity contribution in [2.24, 2.45) is 0 Å². The quantitative estimate of drug-likeness (QED) is 0.896. The Morgan fingerprint density at radius 3 is 3.05 bits per heavy atom. The number of aromatic nitrogens is 1. The van der Waals surface area contributed by atoms with Crippen LogP contribution in [0.4, 0.5) is 5.13 Å². The van der Waals surface area contributed by atoms with E-state index in [1.54, 1.807) is 0 Å². The number of aryl methyl sites for hydroxylation is 1. The summed E-state index contributed by atoms with van der Waals surface area (Å²) in [4.78, 5) is 16.5. The Balaban J connectivity index is 0.00000133. The molecule has 1 fully saturated rings. The highest BCUT2D eigenvalue weighted by atomic mass is 35.5. The number of carbonyl (C=O) groups excluding carboxylic acids is 1. The molecule has 0 radical (unpaired) electrons. The van der Waals surface area contributed by atoms with E-state index in [9.17, 15) is 4.79 Å². The molecule has 1 aromatic heterocycles. The maximum absolute atomic E-state index is 12.0. The average Bonchev–Trinajstić information content (AvgIpc) is 2.97. The second-order valence-electron chi connectivity index (χ2n) is 4.58. The average molecular weight is 298 g/mol. The van der Waals surface area contributed by atoms with Gasteiger partial charge in [0, 0.05) is 0 Å². The van der Waals surface area contributed by atoms with Gasteiger partial charge in [-0.3, -0.25) is 4.79 Å². The third kappa shape index (κ3) is 2.88. The first-order chi connectivity index (χ1) is 8.74. The van der Waals surface area contributed by atoms with E-state index >= 15 is 0 Å². The normalized spacial score (nSPS) is 18.3. The second-order valence-corrected chi connectivity index (χ2v) is 5.61. The molecule has 19 heavy (non-hydrogen) atoms. The number of carbonyl (C=O) groups is 1. The molecule has 4 nitrogen and oxygen atoms in total. The van der Waals surface area contributed by atoms with Crippen molar-refractivity contribution in [1.82, 2.24) is 10.3 Å². The first-order valence-corrected chi connectivity index (χ1v) is 6.96. The van der Waals surface area contributed by atoms with Crippen LogP contribution < -0.4 is 10.6 Å². The Hall–Kier alpha value is -1.17. The van der Waals surface area contributed by atoms with Gasteiger partial charge < -0.3 is 10.6 Å². The van der Waals surface area contributed by atoms with Gasteiger partial charge in [0.2, 0.25) is 5.91 Å². The van der Waals surface area contributed by atoms with Crippen molar-refractivity contribution in [2.75, 3.05) is 11.9 Å². The van der Waals surface area contributed by atoms with E-state index < -0.39 is 0 Å². The molecule has 2 N–H and O–H groups in total. The van der Waals surface area contributed by atoms with Crippen LogP contribution in [0.2, 0.25) is 0 Å². The lowest BCUT2D eigenvalue weighted by atomic mass is 10.2. The molecule has 1 aliphatic rings. The number of nitrogens with zero attached hydrogens (tertiary/aromatic N) is 1. The highest BCUT2D eigenvalue weighted by Gasteiger charge is 2.22. The first kappa shape index (κ1) is 14.2. The maximum Gasteiger partial charge on any atom is 0.243 e. The summed E-state index contributed by atoms with van der Waals surface area (Å²) in [6.07, 6.45) is 1.98. The van der Waals surface area contributed by atoms with E-state index in [1.807, 2.05) is 25.1 Å². The third-order valence-electron chi connectivity index (χ3n) is 3.23. The molecule has 0 spiro atoms. The predicted molar refractivity (Wildman–Crippen MR) is 81.3 cm³/mol. The van der Waals surface area contributed by atoms with E-state index in [0.29, 0.717) is 5.13 Å². The van der Waals surface area contributed by atoms with Gasteiger partial charge in [0.05, 0.1) is 16.3 Å². The minimum Gasteiger partial charge on any atom is -0.306 e. The van der Waals surface area contributed by atoms with Crippen LogP contribution in [0.25, 0.3) is 10.2 Å². The summed E-state index contributed by atoms with van der Waals surface area (Å²) in [6, 6.07) is 6.02. The molecular weight excluding hydrogens is 282 g/mol. The van der Waals surface area contributed by atoms with Gasteiger partial charge in [-0.25, -0.2) is 4.98 Å². The first-order valence-electron chi connectivity index (χ1n) is 6.14. The van der Waals surface area contributed by atoms with Gasteiger partial charge >= 0.3 is 0 Å². The van der Waals surface area contributed by atoms with Gasteiger partial charge in [-0.15, -0.1) is 12.4 Å². The van der Waals surface area contributed by atoms with E-state index in [2.05, 4.69) is 15.6 Å². The third-order valence-corrected chi connectivity index (χ3v) is 4.16.